The standard InChI is InChI=1S/C12H14Cl2N4O/c1-7(2)6-16-12(19)18-11(15)17-10-8(13)4-3-5-9(10)14/h3-5H,1,6H2,2H3,(H4,15,16,17,18,19). The molecule has 19 heavy (non-hydrogen) atoms. The molecule has 0 radical (unpaired) electrons. The van der Waals surface area contributed by atoms with Gasteiger partial charge < -0.3 is 11.1 Å². The average molecular weight is 301 g/mol. The summed E-state index contributed by atoms with van der Waals surface area (Å²) in [5.41, 5.74) is 6.72. The van der Waals surface area contributed by atoms with Gasteiger partial charge in [0.05, 0.1) is 10.0 Å². The number of nitrogens with two attached hydrogens (primary N) is 1. The summed E-state index contributed by atoms with van der Waals surface area (Å²) in [6, 6.07) is 4.46. The number of para-hydroxylation sites is 1. The van der Waals surface area contributed by atoms with Crippen LogP contribution in [0.2, 0.25) is 10.0 Å². The van der Waals surface area contributed by atoms with E-state index >= 15 is 0 Å². The molecule has 0 heterocycles. The van der Waals surface area contributed by atoms with Crippen molar-refractivity contribution in [1.82, 2.24) is 10.6 Å². The van der Waals surface area contributed by atoms with Crippen LogP contribution in [0.15, 0.2) is 35.3 Å². The molecule has 0 saturated carbocycles. The maximum Gasteiger partial charge on any atom is 0.321 e. The van der Waals surface area contributed by atoms with Gasteiger partial charge in [-0.1, -0.05) is 41.4 Å². The Bertz CT molecular complexity index is 508. The number of hydrogen-bond donors (Lipinski definition) is 3. The number of hydrogen-bond acceptors (Lipinski definition) is 2. The van der Waals surface area contributed by atoms with Gasteiger partial charge in [0, 0.05) is 6.54 Å². The lowest BCUT2D eigenvalue weighted by atomic mass is 10.3. The third kappa shape index (κ3) is 5.19. The molecule has 0 aliphatic rings. The van der Waals surface area contributed by atoms with E-state index in [4.69, 9.17) is 28.9 Å². The Kier molecular flexibility index (Phi) is 5.66. The highest BCUT2D eigenvalue weighted by Crippen LogP contribution is 2.32. The fourth-order valence-electron chi connectivity index (χ4n) is 1.14. The lowest BCUT2D eigenvalue weighted by molar-refractivity contribution is 0.246. The smallest absolute Gasteiger partial charge is 0.321 e. The van der Waals surface area contributed by atoms with E-state index < -0.39 is 6.03 Å². The van der Waals surface area contributed by atoms with Gasteiger partial charge in [0.15, 0.2) is 0 Å². The zero-order valence-corrected chi connectivity index (χ0v) is 11.8. The first kappa shape index (κ1) is 15.3. The van der Waals surface area contributed by atoms with Crippen LogP contribution in [0.1, 0.15) is 6.92 Å². The van der Waals surface area contributed by atoms with Crippen molar-refractivity contribution in [2.75, 3.05) is 6.54 Å². The number of urea groups is 1. The highest BCUT2D eigenvalue weighted by Gasteiger charge is 2.06. The molecule has 4 N–H and O–H groups in total. The zero-order valence-electron chi connectivity index (χ0n) is 10.3. The van der Waals surface area contributed by atoms with Gasteiger partial charge in [-0.05, 0) is 19.1 Å². The van der Waals surface area contributed by atoms with Crippen LogP contribution in [0.3, 0.4) is 0 Å². The van der Waals surface area contributed by atoms with Crippen molar-refractivity contribution >= 4 is 40.9 Å². The summed E-state index contributed by atoms with van der Waals surface area (Å²) in [5, 5.41) is 5.60. The van der Waals surface area contributed by atoms with Crippen molar-refractivity contribution in [2.45, 2.75) is 6.92 Å². The molecule has 102 valence electrons. The number of nitrogens with zero attached hydrogens (tertiary/aromatic N) is 1. The SMILES string of the molecule is C=C(C)CNC(=O)NC(N)=Nc1c(Cl)cccc1Cl. The van der Waals surface area contributed by atoms with E-state index in [-0.39, 0.29) is 5.96 Å². The zero-order chi connectivity index (χ0) is 14.4. The Hall–Kier alpha value is -1.72. The maximum atomic E-state index is 11.4. The predicted octanol–water partition coefficient (Wildman–Crippen LogP) is 2.81. The molecule has 0 fully saturated rings. The summed E-state index contributed by atoms with van der Waals surface area (Å²) in [6.45, 7) is 5.80. The monoisotopic (exact) mass is 300 g/mol. The molecule has 0 aliphatic carbocycles. The second kappa shape index (κ2) is 7.01. The number of benzene rings is 1. The molecule has 0 aromatic heterocycles. The Morgan fingerprint density at radius 1 is 1.42 bits per heavy atom. The van der Waals surface area contributed by atoms with Gasteiger partial charge in [0.2, 0.25) is 5.96 Å². The average Bonchev–Trinajstić information content (AvgIpc) is 2.31. The van der Waals surface area contributed by atoms with Gasteiger partial charge in [-0.3, -0.25) is 5.32 Å². The summed E-state index contributed by atoms with van der Waals surface area (Å²) in [5.74, 6) is -0.103. The molecule has 0 atom stereocenters. The first-order chi connectivity index (χ1) is 8.90. The van der Waals surface area contributed by atoms with E-state index in [9.17, 15) is 4.79 Å². The first-order valence-electron chi connectivity index (χ1n) is 5.37. The van der Waals surface area contributed by atoms with Crippen LogP contribution in [-0.4, -0.2) is 18.5 Å². The Morgan fingerprint density at radius 2 is 2.00 bits per heavy atom. The third-order valence-electron chi connectivity index (χ3n) is 1.96. The van der Waals surface area contributed by atoms with E-state index in [1.54, 1.807) is 25.1 Å². The van der Waals surface area contributed by atoms with Crippen molar-refractivity contribution in [2.24, 2.45) is 10.7 Å². The summed E-state index contributed by atoms with van der Waals surface area (Å²) >= 11 is 11.9. The van der Waals surface area contributed by atoms with Crippen LogP contribution >= 0.6 is 23.2 Å². The highest BCUT2D eigenvalue weighted by molar-refractivity contribution is 6.38. The number of guanidine groups is 1. The Labute approximate surface area is 121 Å². The van der Waals surface area contributed by atoms with Gasteiger partial charge in [-0.15, -0.1) is 0 Å². The summed E-state index contributed by atoms with van der Waals surface area (Å²) in [6.07, 6.45) is 0. The molecule has 1 aromatic carbocycles. The maximum absolute atomic E-state index is 11.4. The highest BCUT2D eigenvalue weighted by atomic mass is 35.5. The topological polar surface area (TPSA) is 79.5 Å². The quantitative estimate of drug-likeness (QED) is 0.456. The minimum absolute atomic E-state index is 0.103. The minimum Gasteiger partial charge on any atom is -0.369 e. The first-order valence-corrected chi connectivity index (χ1v) is 6.13. The second-order valence-electron chi connectivity index (χ2n) is 3.83. The predicted molar refractivity (Wildman–Crippen MR) is 79.1 cm³/mol. The van der Waals surface area contributed by atoms with Crippen LogP contribution in [0.5, 0.6) is 0 Å². The molecule has 7 heteroatoms. The lowest BCUT2D eigenvalue weighted by Crippen LogP contribution is -2.43. The van der Waals surface area contributed by atoms with Crippen molar-refractivity contribution in [3.8, 4) is 0 Å². The molecular weight excluding hydrogens is 287 g/mol. The van der Waals surface area contributed by atoms with Gasteiger partial charge >= 0.3 is 6.03 Å². The number of carbonyl (C=O) groups excluding carboxylic acids is 1. The molecule has 5 nitrogen and oxygen atoms in total. The second-order valence-corrected chi connectivity index (χ2v) is 4.65. The molecule has 0 bridgehead atoms. The molecule has 0 unspecified atom stereocenters. The molecule has 0 aliphatic heterocycles. The molecule has 0 saturated heterocycles. The van der Waals surface area contributed by atoms with E-state index in [0.717, 1.165) is 5.57 Å². The fraction of sp³-hybridized carbons (Fsp3) is 0.167. The number of halogens is 2. The Balaban J connectivity index is 2.72. The van der Waals surface area contributed by atoms with E-state index in [2.05, 4.69) is 22.2 Å². The van der Waals surface area contributed by atoms with E-state index in [0.29, 0.717) is 22.3 Å². The number of aliphatic imine (C=N–C) groups is 1. The van der Waals surface area contributed by atoms with Crippen LogP contribution < -0.4 is 16.4 Å². The van der Waals surface area contributed by atoms with Crippen LogP contribution in [0.25, 0.3) is 0 Å². The van der Waals surface area contributed by atoms with Crippen LogP contribution in [-0.2, 0) is 0 Å². The van der Waals surface area contributed by atoms with Crippen molar-refractivity contribution in [3.63, 3.8) is 0 Å². The van der Waals surface area contributed by atoms with Gasteiger partial charge in [-0.25, -0.2) is 9.79 Å². The van der Waals surface area contributed by atoms with Crippen molar-refractivity contribution < 1.29 is 4.79 Å². The minimum atomic E-state index is -0.479. The molecular formula is C12H14Cl2N4O. The largest absolute Gasteiger partial charge is 0.369 e. The van der Waals surface area contributed by atoms with Crippen molar-refractivity contribution in [3.05, 3.63) is 40.4 Å². The number of amides is 2. The van der Waals surface area contributed by atoms with E-state index in [1.807, 2.05) is 0 Å². The van der Waals surface area contributed by atoms with Gasteiger partial charge in [0.25, 0.3) is 0 Å². The fourth-order valence-corrected chi connectivity index (χ4v) is 1.62. The van der Waals surface area contributed by atoms with Gasteiger partial charge in [0.1, 0.15) is 5.69 Å². The summed E-state index contributed by atoms with van der Waals surface area (Å²) in [7, 11) is 0. The molecule has 0 spiro atoms. The molecule has 1 aromatic rings. The van der Waals surface area contributed by atoms with Crippen LogP contribution in [0.4, 0.5) is 10.5 Å². The normalized spacial score (nSPS) is 11.0. The molecule has 2 amide bonds. The number of nitrogens with one attached hydrogen (secondary N) is 2. The van der Waals surface area contributed by atoms with Crippen LogP contribution in [0, 0.1) is 0 Å². The van der Waals surface area contributed by atoms with Crippen molar-refractivity contribution in [1.29, 1.82) is 0 Å². The van der Waals surface area contributed by atoms with E-state index in [1.165, 1.54) is 0 Å². The third-order valence-corrected chi connectivity index (χ3v) is 2.57. The number of carbonyl (C=O) groups is 1. The lowest BCUT2D eigenvalue weighted by Gasteiger charge is -2.07. The number of rotatable bonds is 3. The van der Waals surface area contributed by atoms with Gasteiger partial charge in [-0.2, -0.15) is 0 Å². The summed E-state index contributed by atoms with van der Waals surface area (Å²) < 4.78 is 0. The Morgan fingerprint density at radius 3 is 2.53 bits per heavy atom. The summed E-state index contributed by atoms with van der Waals surface area (Å²) in [4.78, 5) is 15.4. The molecule has 1 rings (SSSR count).